The Morgan fingerprint density at radius 2 is 1.89 bits per heavy atom. The number of rotatable bonds is 3. The molecule has 1 atom stereocenters. The van der Waals surface area contributed by atoms with Gasteiger partial charge >= 0.3 is 6.18 Å². The summed E-state index contributed by atoms with van der Waals surface area (Å²) in [5.74, 6) is -0.601. The number of hydrogen-bond donors (Lipinski definition) is 1. The van der Waals surface area contributed by atoms with E-state index in [2.05, 4.69) is 4.98 Å². The Morgan fingerprint density at radius 3 is 2.61 bits per heavy atom. The number of carbonyl (C=O) groups is 1. The number of hydrogen-bond acceptors (Lipinski definition) is 2. The minimum absolute atomic E-state index is 0.0407. The number of halogens is 4. The number of H-pyrrole nitrogens is 1. The van der Waals surface area contributed by atoms with E-state index >= 15 is 0 Å². The number of fused-ring (bicyclic) bond motifs is 3. The molecule has 3 aromatic rings. The van der Waals surface area contributed by atoms with Gasteiger partial charge in [0.2, 0.25) is 5.91 Å². The highest BCUT2D eigenvalue weighted by Crippen LogP contribution is 2.44. The summed E-state index contributed by atoms with van der Waals surface area (Å²) in [6.45, 7) is 0.0407. The second-order valence-corrected chi connectivity index (χ2v) is 8.07. The van der Waals surface area contributed by atoms with Crippen LogP contribution in [-0.2, 0) is 11.2 Å². The highest BCUT2D eigenvalue weighted by atomic mass is 35.5. The van der Waals surface area contributed by atoms with Crippen LogP contribution in [0.15, 0.2) is 53.4 Å². The highest BCUT2D eigenvalue weighted by molar-refractivity contribution is 8.00. The van der Waals surface area contributed by atoms with Crippen LogP contribution in [0.2, 0.25) is 5.02 Å². The van der Waals surface area contributed by atoms with Crippen molar-refractivity contribution in [3.05, 3.63) is 64.8 Å². The second kappa shape index (κ2) is 7.37. The number of amides is 1. The van der Waals surface area contributed by atoms with Gasteiger partial charge in [-0.3, -0.25) is 4.79 Å². The fourth-order valence-electron chi connectivity index (χ4n) is 3.61. The van der Waals surface area contributed by atoms with Crippen molar-refractivity contribution in [3.63, 3.8) is 0 Å². The Labute approximate surface area is 168 Å². The van der Waals surface area contributed by atoms with Gasteiger partial charge in [-0.05, 0) is 42.3 Å². The van der Waals surface area contributed by atoms with Crippen molar-refractivity contribution >= 4 is 40.2 Å². The number of alkyl halides is 3. The van der Waals surface area contributed by atoms with E-state index in [4.69, 9.17) is 11.6 Å². The maximum atomic E-state index is 13.9. The van der Waals surface area contributed by atoms with E-state index in [-0.39, 0.29) is 18.0 Å². The second-order valence-electron chi connectivity index (χ2n) is 6.59. The lowest BCUT2D eigenvalue weighted by atomic mass is 9.97. The molecule has 3 nitrogen and oxygen atoms in total. The Bertz CT molecular complexity index is 1020. The normalized spacial score (nSPS) is 17.0. The van der Waals surface area contributed by atoms with E-state index in [1.54, 1.807) is 42.5 Å². The van der Waals surface area contributed by atoms with Crippen LogP contribution in [0, 0.1) is 0 Å². The smallest absolute Gasteiger partial charge is 0.356 e. The summed E-state index contributed by atoms with van der Waals surface area (Å²) < 4.78 is 41.8. The Hall–Kier alpha value is -2.12. The summed E-state index contributed by atoms with van der Waals surface area (Å²) in [5.41, 5.74) is 1.38. The lowest BCUT2D eigenvalue weighted by Crippen LogP contribution is -2.47. The largest absolute Gasteiger partial charge is 0.414 e. The third kappa shape index (κ3) is 3.61. The molecule has 1 aliphatic rings. The third-order valence-corrected chi connectivity index (χ3v) is 6.09. The number of nitrogens with one attached hydrogen (secondary N) is 1. The van der Waals surface area contributed by atoms with Crippen molar-refractivity contribution in [2.24, 2.45) is 0 Å². The fourth-order valence-corrected chi connectivity index (χ4v) is 4.52. The average molecular weight is 425 g/mol. The number of para-hydroxylation sites is 1. The van der Waals surface area contributed by atoms with Crippen molar-refractivity contribution in [2.75, 3.05) is 12.3 Å². The first-order valence-electron chi connectivity index (χ1n) is 8.68. The van der Waals surface area contributed by atoms with E-state index in [9.17, 15) is 18.0 Å². The van der Waals surface area contributed by atoms with Gasteiger partial charge in [-0.1, -0.05) is 29.8 Å². The summed E-state index contributed by atoms with van der Waals surface area (Å²) in [6.07, 6.45) is -4.17. The molecule has 0 radical (unpaired) electrons. The molecule has 0 aliphatic carbocycles. The summed E-state index contributed by atoms with van der Waals surface area (Å²) in [7, 11) is 0. The van der Waals surface area contributed by atoms with Crippen LogP contribution in [-0.4, -0.2) is 34.3 Å². The molecule has 0 bridgehead atoms. The molecule has 0 unspecified atom stereocenters. The Kier molecular flexibility index (Phi) is 5.05. The molecule has 4 rings (SSSR count). The first-order chi connectivity index (χ1) is 13.3. The summed E-state index contributed by atoms with van der Waals surface area (Å²) in [6, 6.07) is 12.0. The molecule has 146 valence electrons. The minimum Gasteiger partial charge on any atom is -0.356 e. The highest BCUT2D eigenvalue weighted by Gasteiger charge is 2.50. The summed E-state index contributed by atoms with van der Waals surface area (Å²) in [5, 5.41) is 1.35. The molecule has 2 aromatic carbocycles. The molecule has 0 saturated heterocycles. The average Bonchev–Trinajstić information content (AvgIpc) is 3.04. The van der Waals surface area contributed by atoms with E-state index in [1.165, 1.54) is 11.8 Å². The van der Waals surface area contributed by atoms with E-state index in [0.717, 1.165) is 15.2 Å². The van der Waals surface area contributed by atoms with Gasteiger partial charge in [0.25, 0.3) is 0 Å². The third-order valence-electron chi connectivity index (χ3n) is 4.84. The maximum Gasteiger partial charge on any atom is 0.414 e. The van der Waals surface area contributed by atoms with Crippen molar-refractivity contribution in [1.82, 2.24) is 9.88 Å². The molecular weight excluding hydrogens is 409 g/mol. The van der Waals surface area contributed by atoms with E-state index in [1.807, 2.05) is 6.07 Å². The molecule has 2 heterocycles. The number of benzene rings is 2. The summed E-state index contributed by atoms with van der Waals surface area (Å²) in [4.78, 5) is 17.3. The first kappa shape index (κ1) is 19.2. The quantitative estimate of drug-likeness (QED) is 0.555. The Morgan fingerprint density at radius 1 is 1.18 bits per heavy atom. The van der Waals surface area contributed by atoms with Gasteiger partial charge in [-0.15, -0.1) is 11.8 Å². The van der Waals surface area contributed by atoms with Gasteiger partial charge in [-0.2, -0.15) is 13.2 Å². The van der Waals surface area contributed by atoms with E-state index in [0.29, 0.717) is 22.5 Å². The first-order valence-corrected chi connectivity index (χ1v) is 10.0. The molecule has 0 spiro atoms. The molecule has 1 aliphatic heterocycles. The van der Waals surface area contributed by atoms with Crippen LogP contribution >= 0.6 is 23.4 Å². The lowest BCUT2D eigenvalue weighted by molar-refractivity contribution is -0.193. The summed E-state index contributed by atoms with van der Waals surface area (Å²) >= 11 is 7.04. The molecular formula is C20H16ClF3N2OS. The van der Waals surface area contributed by atoms with Crippen LogP contribution in [0.25, 0.3) is 10.9 Å². The predicted molar refractivity (Wildman–Crippen MR) is 105 cm³/mol. The number of thioether (sulfide) groups is 1. The zero-order valence-electron chi connectivity index (χ0n) is 14.6. The van der Waals surface area contributed by atoms with Gasteiger partial charge in [-0.25, -0.2) is 0 Å². The predicted octanol–water partition coefficient (Wildman–Crippen LogP) is 5.60. The van der Waals surface area contributed by atoms with Crippen LogP contribution < -0.4 is 0 Å². The van der Waals surface area contributed by atoms with Crippen molar-refractivity contribution < 1.29 is 18.0 Å². The topological polar surface area (TPSA) is 36.1 Å². The van der Waals surface area contributed by atoms with Crippen LogP contribution in [0.4, 0.5) is 13.2 Å². The number of nitrogens with zero attached hydrogens (tertiary/aromatic N) is 1. The fraction of sp³-hybridized carbons (Fsp3) is 0.250. The molecule has 1 N–H and O–H groups in total. The molecule has 28 heavy (non-hydrogen) atoms. The van der Waals surface area contributed by atoms with Crippen LogP contribution in [0.3, 0.4) is 0 Å². The SMILES string of the molecule is O=C(CSc1ccc(Cl)cc1)N1CCc2c([nH]c3ccccc23)[C@@H]1C(F)(F)F. The van der Waals surface area contributed by atoms with Crippen LogP contribution in [0.1, 0.15) is 17.3 Å². The zero-order valence-corrected chi connectivity index (χ0v) is 16.2. The Balaban J connectivity index is 1.61. The standard InChI is InChI=1S/C20H16ClF3N2OS/c21-12-5-7-13(8-6-12)28-11-17(27)26-10-9-15-14-3-1-2-4-16(14)25-18(15)19(26)20(22,23)24/h1-8,19,25H,9-11H2/t19-/m1/s1. The molecule has 0 fully saturated rings. The van der Waals surface area contributed by atoms with Gasteiger partial charge in [0, 0.05) is 27.4 Å². The van der Waals surface area contributed by atoms with Crippen LogP contribution in [0.5, 0.6) is 0 Å². The number of carbonyl (C=O) groups excluding carboxylic acids is 1. The minimum atomic E-state index is -4.56. The van der Waals surface area contributed by atoms with E-state index < -0.39 is 18.1 Å². The van der Waals surface area contributed by atoms with Gasteiger partial charge in [0.05, 0.1) is 11.4 Å². The van der Waals surface area contributed by atoms with Gasteiger partial charge < -0.3 is 9.88 Å². The van der Waals surface area contributed by atoms with Gasteiger partial charge in [0.15, 0.2) is 6.04 Å². The number of aromatic nitrogens is 1. The van der Waals surface area contributed by atoms with Crippen molar-refractivity contribution in [1.29, 1.82) is 0 Å². The zero-order chi connectivity index (χ0) is 19.9. The monoisotopic (exact) mass is 424 g/mol. The maximum absolute atomic E-state index is 13.9. The van der Waals surface area contributed by atoms with Crippen molar-refractivity contribution in [2.45, 2.75) is 23.5 Å². The number of aromatic amines is 1. The van der Waals surface area contributed by atoms with Gasteiger partial charge in [0.1, 0.15) is 0 Å². The molecule has 1 aromatic heterocycles. The van der Waals surface area contributed by atoms with Crippen molar-refractivity contribution in [3.8, 4) is 0 Å². The molecule has 1 amide bonds. The lowest BCUT2D eigenvalue weighted by Gasteiger charge is -2.36. The molecule has 0 saturated carbocycles. The molecule has 8 heteroatoms.